The normalized spacial score (nSPS) is 12.4. The number of imidazole rings is 1. The molecule has 3 aromatic rings. The summed E-state index contributed by atoms with van der Waals surface area (Å²) >= 11 is 0. The third-order valence-corrected chi connectivity index (χ3v) is 4.58. The van der Waals surface area contributed by atoms with E-state index in [1.807, 2.05) is 12.3 Å². The third kappa shape index (κ3) is 5.30. The Labute approximate surface area is 156 Å². The van der Waals surface area contributed by atoms with Crippen LogP contribution in [0.1, 0.15) is 50.5 Å². The summed E-state index contributed by atoms with van der Waals surface area (Å²) in [5.41, 5.74) is 3.59. The number of hydrogen-bond acceptors (Lipinski definition) is 2. The van der Waals surface area contributed by atoms with E-state index in [1.54, 1.807) is 0 Å². The summed E-state index contributed by atoms with van der Waals surface area (Å²) in [7, 11) is 0. The van der Waals surface area contributed by atoms with E-state index in [-0.39, 0.29) is 6.04 Å². The Morgan fingerprint density at radius 3 is 2.31 bits per heavy atom. The minimum Gasteiger partial charge on any atom is -0.347 e. The van der Waals surface area contributed by atoms with E-state index in [2.05, 4.69) is 78.7 Å². The summed E-state index contributed by atoms with van der Waals surface area (Å²) in [6.45, 7) is 4.38. The van der Waals surface area contributed by atoms with Gasteiger partial charge in [-0.05, 0) is 24.8 Å². The number of aryl methyl sites for hydroxylation is 1. The van der Waals surface area contributed by atoms with Gasteiger partial charge in [-0.15, -0.1) is 0 Å². The summed E-state index contributed by atoms with van der Waals surface area (Å²) < 4.78 is 0. The van der Waals surface area contributed by atoms with Crippen molar-refractivity contribution in [2.75, 3.05) is 0 Å². The maximum absolute atomic E-state index is 4.85. The average Bonchev–Trinajstić information content (AvgIpc) is 3.16. The lowest BCUT2D eigenvalue weighted by Gasteiger charge is -2.19. The van der Waals surface area contributed by atoms with E-state index in [0.717, 1.165) is 29.9 Å². The number of hydrogen-bond donors (Lipinski definition) is 2. The van der Waals surface area contributed by atoms with Crippen molar-refractivity contribution in [3.8, 4) is 11.3 Å². The fraction of sp³-hybridized carbons (Fsp3) is 0.348. The van der Waals surface area contributed by atoms with Crippen LogP contribution in [0.3, 0.4) is 0 Å². The van der Waals surface area contributed by atoms with Crippen LogP contribution in [0, 0.1) is 0 Å². The van der Waals surface area contributed by atoms with Crippen LogP contribution < -0.4 is 5.32 Å². The van der Waals surface area contributed by atoms with Gasteiger partial charge in [0.05, 0.1) is 11.7 Å². The average molecular weight is 348 g/mol. The van der Waals surface area contributed by atoms with Crippen molar-refractivity contribution >= 4 is 0 Å². The zero-order valence-electron chi connectivity index (χ0n) is 15.8. The van der Waals surface area contributed by atoms with Crippen LogP contribution in [-0.2, 0) is 6.42 Å². The lowest BCUT2D eigenvalue weighted by molar-refractivity contribution is 0.422. The molecular weight excluding hydrogens is 318 g/mol. The van der Waals surface area contributed by atoms with Gasteiger partial charge < -0.3 is 10.3 Å². The van der Waals surface area contributed by atoms with E-state index in [4.69, 9.17) is 4.98 Å². The fourth-order valence-electron chi connectivity index (χ4n) is 3.30. The van der Waals surface area contributed by atoms with E-state index < -0.39 is 0 Å². The molecule has 0 fully saturated rings. The Balaban J connectivity index is 1.60. The molecule has 3 rings (SSSR count). The first kappa shape index (κ1) is 18.4. The Hall–Kier alpha value is -2.39. The van der Waals surface area contributed by atoms with Crippen molar-refractivity contribution in [2.24, 2.45) is 0 Å². The lowest BCUT2D eigenvalue weighted by Crippen LogP contribution is -2.29. The molecule has 26 heavy (non-hydrogen) atoms. The summed E-state index contributed by atoms with van der Waals surface area (Å²) in [5.74, 6) is 1.04. The number of aromatic amines is 1. The van der Waals surface area contributed by atoms with Crippen LogP contribution in [0.25, 0.3) is 11.3 Å². The highest BCUT2D eigenvalue weighted by Gasteiger charge is 2.16. The van der Waals surface area contributed by atoms with E-state index in [1.165, 1.54) is 18.4 Å². The predicted octanol–water partition coefficient (Wildman–Crippen LogP) is 5.53. The molecule has 0 unspecified atom stereocenters. The predicted molar refractivity (Wildman–Crippen MR) is 109 cm³/mol. The summed E-state index contributed by atoms with van der Waals surface area (Å²) in [4.78, 5) is 8.25. The quantitative estimate of drug-likeness (QED) is 0.500. The number of nitrogens with zero attached hydrogens (tertiary/aromatic N) is 1. The molecular formula is C23H29N3. The second-order valence-electron chi connectivity index (χ2n) is 7.14. The largest absolute Gasteiger partial charge is 0.347 e. The van der Waals surface area contributed by atoms with Gasteiger partial charge in [-0.1, -0.05) is 80.9 Å². The molecule has 0 spiro atoms. The lowest BCUT2D eigenvalue weighted by atomic mass is 10.0. The number of unbranched alkanes of at least 4 members (excludes halogenated alkanes) is 1. The number of rotatable bonds is 9. The Kier molecular flexibility index (Phi) is 6.62. The second-order valence-corrected chi connectivity index (χ2v) is 7.14. The first-order valence-corrected chi connectivity index (χ1v) is 9.63. The number of H-pyrrole nitrogens is 1. The van der Waals surface area contributed by atoms with Crippen LogP contribution in [0.2, 0.25) is 0 Å². The van der Waals surface area contributed by atoms with Crippen LogP contribution in [0.15, 0.2) is 66.9 Å². The van der Waals surface area contributed by atoms with Gasteiger partial charge in [-0.2, -0.15) is 0 Å². The molecule has 0 aliphatic heterocycles. The molecule has 0 aliphatic rings. The van der Waals surface area contributed by atoms with E-state index >= 15 is 0 Å². The molecule has 1 heterocycles. The van der Waals surface area contributed by atoms with Gasteiger partial charge in [-0.3, -0.25) is 0 Å². The third-order valence-electron chi connectivity index (χ3n) is 4.58. The van der Waals surface area contributed by atoms with Gasteiger partial charge in [0.25, 0.3) is 0 Å². The second kappa shape index (κ2) is 9.35. The van der Waals surface area contributed by atoms with Crippen molar-refractivity contribution < 1.29 is 0 Å². The highest BCUT2D eigenvalue weighted by atomic mass is 15.0. The summed E-state index contributed by atoms with van der Waals surface area (Å²) in [6.07, 6.45) is 6.63. The SMILES string of the molecule is CC(C)N[C@@H](CCCCc1ccccc1)c1nc(-c2ccccc2)c[nH]1. The van der Waals surface area contributed by atoms with Gasteiger partial charge in [0.15, 0.2) is 0 Å². The fourth-order valence-corrected chi connectivity index (χ4v) is 3.30. The zero-order chi connectivity index (χ0) is 18.2. The molecule has 0 radical (unpaired) electrons. The van der Waals surface area contributed by atoms with Gasteiger partial charge in [-0.25, -0.2) is 4.98 Å². The molecule has 0 saturated carbocycles. The first-order chi connectivity index (χ1) is 12.7. The van der Waals surface area contributed by atoms with E-state index in [0.29, 0.717) is 6.04 Å². The van der Waals surface area contributed by atoms with Crippen molar-refractivity contribution in [1.82, 2.24) is 15.3 Å². The summed E-state index contributed by atoms with van der Waals surface area (Å²) in [5, 5.41) is 3.67. The van der Waals surface area contributed by atoms with Crippen molar-refractivity contribution in [3.05, 3.63) is 78.2 Å². The Morgan fingerprint density at radius 2 is 1.62 bits per heavy atom. The van der Waals surface area contributed by atoms with Crippen molar-refractivity contribution in [2.45, 2.75) is 51.6 Å². The number of benzene rings is 2. The van der Waals surface area contributed by atoms with Gasteiger partial charge >= 0.3 is 0 Å². The van der Waals surface area contributed by atoms with Crippen molar-refractivity contribution in [1.29, 1.82) is 0 Å². The first-order valence-electron chi connectivity index (χ1n) is 9.63. The molecule has 136 valence electrons. The molecule has 2 N–H and O–H groups in total. The van der Waals surface area contributed by atoms with Gasteiger partial charge in [0, 0.05) is 17.8 Å². The molecule has 0 amide bonds. The molecule has 0 bridgehead atoms. The van der Waals surface area contributed by atoms with Gasteiger partial charge in [0.2, 0.25) is 0 Å². The maximum atomic E-state index is 4.85. The van der Waals surface area contributed by atoms with Crippen molar-refractivity contribution in [3.63, 3.8) is 0 Å². The minimum absolute atomic E-state index is 0.267. The molecule has 0 aliphatic carbocycles. The molecule has 2 aromatic carbocycles. The highest BCUT2D eigenvalue weighted by molar-refractivity contribution is 5.58. The highest BCUT2D eigenvalue weighted by Crippen LogP contribution is 2.22. The van der Waals surface area contributed by atoms with E-state index in [9.17, 15) is 0 Å². The zero-order valence-corrected chi connectivity index (χ0v) is 15.8. The van der Waals surface area contributed by atoms with Crippen LogP contribution in [0.5, 0.6) is 0 Å². The van der Waals surface area contributed by atoms with Crippen LogP contribution >= 0.6 is 0 Å². The number of aromatic nitrogens is 2. The molecule has 3 heteroatoms. The summed E-state index contributed by atoms with van der Waals surface area (Å²) in [6, 6.07) is 21.8. The maximum Gasteiger partial charge on any atom is 0.124 e. The molecule has 0 saturated heterocycles. The standard InChI is InChI=1S/C23H29N3/c1-18(2)25-21(16-10-9-13-19-11-5-3-6-12-19)23-24-17-22(26-23)20-14-7-4-8-15-20/h3-8,11-12,14-15,17-18,21,25H,9-10,13,16H2,1-2H3,(H,24,26)/t21-/m0/s1. The Morgan fingerprint density at radius 1 is 0.923 bits per heavy atom. The topological polar surface area (TPSA) is 40.7 Å². The minimum atomic E-state index is 0.267. The van der Waals surface area contributed by atoms with Crippen LogP contribution in [-0.4, -0.2) is 16.0 Å². The number of nitrogens with one attached hydrogen (secondary N) is 2. The monoisotopic (exact) mass is 347 g/mol. The smallest absolute Gasteiger partial charge is 0.124 e. The van der Waals surface area contributed by atoms with Crippen LogP contribution in [0.4, 0.5) is 0 Å². The molecule has 1 aromatic heterocycles. The molecule has 1 atom stereocenters. The molecule has 3 nitrogen and oxygen atoms in total. The Bertz CT molecular complexity index is 762. The van der Waals surface area contributed by atoms with Gasteiger partial charge in [0.1, 0.15) is 5.82 Å².